The van der Waals surface area contributed by atoms with E-state index in [1.165, 1.54) is 6.26 Å². The van der Waals surface area contributed by atoms with E-state index in [9.17, 15) is 26.3 Å². The minimum Gasteiger partial charge on any atom is -0.467 e. The molecule has 0 amide bonds. The van der Waals surface area contributed by atoms with Gasteiger partial charge in [-0.15, -0.1) is 12.4 Å². The second-order valence-corrected chi connectivity index (χ2v) is 6.04. The Morgan fingerprint density at radius 1 is 0.926 bits per heavy atom. The number of benzene rings is 1. The van der Waals surface area contributed by atoms with Crippen LogP contribution in [0.3, 0.4) is 0 Å². The fourth-order valence-corrected chi connectivity index (χ4v) is 3.08. The molecular weight excluding hydrogens is 398 g/mol. The first-order chi connectivity index (χ1) is 12.2. The molecule has 0 spiro atoms. The Balaban J connectivity index is 0.00000261. The average molecular weight is 415 g/mol. The van der Waals surface area contributed by atoms with Gasteiger partial charge in [0, 0.05) is 26.2 Å². The van der Waals surface area contributed by atoms with E-state index < -0.39 is 29.5 Å². The highest BCUT2D eigenvalue weighted by Gasteiger charge is 2.38. The highest BCUT2D eigenvalue weighted by Crippen LogP contribution is 2.39. The highest BCUT2D eigenvalue weighted by atomic mass is 35.5. The summed E-state index contributed by atoms with van der Waals surface area (Å²) in [5, 5.41) is 3.11. The number of halogens is 7. The minimum absolute atomic E-state index is 0. The fraction of sp³-hybridized carbons (Fsp3) is 0.412. The summed E-state index contributed by atoms with van der Waals surface area (Å²) >= 11 is 0. The van der Waals surface area contributed by atoms with Gasteiger partial charge >= 0.3 is 12.4 Å². The predicted octanol–water partition coefficient (Wildman–Crippen LogP) is 4.73. The summed E-state index contributed by atoms with van der Waals surface area (Å²) in [6.45, 7) is 2.12. The van der Waals surface area contributed by atoms with Gasteiger partial charge in [-0.2, -0.15) is 26.3 Å². The smallest absolute Gasteiger partial charge is 0.416 e. The molecule has 3 nitrogen and oxygen atoms in total. The van der Waals surface area contributed by atoms with Gasteiger partial charge in [0.15, 0.2) is 0 Å². The molecule has 1 aromatic heterocycles. The lowest BCUT2D eigenvalue weighted by Gasteiger charge is -2.34. The Bertz CT molecular complexity index is 707. The molecule has 150 valence electrons. The Hall–Kier alpha value is -1.71. The van der Waals surface area contributed by atoms with Gasteiger partial charge in [0.1, 0.15) is 5.76 Å². The third-order valence-corrected chi connectivity index (χ3v) is 4.26. The van der Waals surface area contributed by atoms with E-state index in [-0.39, 0.29) is 24.0 Å². The Morgan fingerprint density at radius 3 is 1.93 bits per heavy atom. The standard InChI is InChI=1S/C17H16F6N2O.ClH/c18-16(19,20)12-8-11(9-13(10-12)17(21,22)23)15(14-2-1-7-26-14)25-5-3-24-4-6-25;/h1-2,7-10,15,24H,3-6H2;1H/t15-;/m1./s1. The van der Waals surface area contributed by atoms with E-state index in [2.05, 4.69) is 5.32 Å². The summed E-state index contributed by atoms with van der Waals surface area (Å²) in [6.07, 6.45) is -8.41. The largest absolute Gasteiger partial charge is 0.467 e. The maximum absolute atomic E-state index is 13.2. The minimum atomic E-state index is -4.88. The number of furan rings is 1. The molecule has 2 aromatic rings. The molecule has 0 radical (unpaired) electrons. The van der Waals surface area contributed by atoms with Crippen molar-refractivity contribution in [3.8, 4) is 0 Å². The topological polar surface area (TPSA) is 28.4 Å². The van der Waals surface area contributed by atoms with Crippen LogP contribution in [0, 0.1) is 0 Å². The number of nitrogens with one attached hydrogen (secondary N) is 1. The molecule has 1 aromatic carbocycles. The van der Waals surface area contributed by atoms with Crippen molar-refractivity contribution in [3.63, 3.8) is 0 Å². The first-order valence-electron chi connectivity index (χ1n) is 7.94. The second-order valence-electron chi connectivity index (χ2n) is 6.04. The molecule has 27 heavy (non-hydrogen) atoms. The molecule has 3 rings (SSSR count). The van der Waals surface area contributed by atoms with Crippen LogP contribution in [0.1, 0.15) is 28.5 Å². The van der Waals surface area contributed by atoms with Gasteiger partial charge < -0.3 is 9.73 Å². The van der Waals surface area contributed by atoms with Crippen molar-refractivity contribution in [1.29, 1.82) is 0 Å². The number of nitrogens with zero attached hydrogens (tertiary/aromatic N) is 1. The van der Waals surface area contributed by atoms with Crippen LogP contribution in [0.25, 0.3) is 0 Å². The van der Waals surface area contributed by atoms with Crippen molar-refractivity contribution in [2.24, 2.45) is 0 Å². The van der Waals surface area contributed by atoms with Crippen molar-refractivity contribution in [3.05, 3.63) is 59.0 Å². The molecule has 1 N–H and O–H groups in total. The molecule has 1 saturated heterocycles. The van der Waals surface area contributed by atoms with Gasteiger partial charge in [-0.1, -0.05) is 0 Å². The van der Waals surface area contributed by atoms with Crippen LogP contribution in [0.2, 0.25) is 0 Å². The zero-order valence-electron chi connectivity index (χ0n) is 13.9. The lowest BCUT2D eigenvalue weighted by Crippen LogP contribution is -2.45. The first-order valence-corrected chi connectivity index (χ1v) is 7.94. The zero-order chi connectivity index (χ0) is 18.9. The van der Waals surface area contributed by atoms with Gasteiger partial charge in [0.2, 0.25) is 0 Å². The molecule has 0 unspecified atom stereocenters. The van der Waals surface area contributed by atoms with Crippen LogP contribution in [-0.2, 0) is 12.4 Å². The van der Waals surface area contributed by atoms with E-state index in [4.69, 9.17) is 4.42 Å². The number of hydrogen-bond donors (Lipinski definition) is 1. The van der Waals surface area contributed by atoms with Crippen LogP contribution in [0.5, 0.6) is 0 Å². The van der Waals surface area contributed by atoms with Gasteiger partial charge in [-0.25, -0.2) is 0 Å². The third-order valence-electron chi connectivity index (χ3n) is 4.26. The first kappa shape index (κ1) is 21.6. The average Bonchev–Trinajstić information content (AvgIpc) is 3.08. The van der Waals surface area contributed by atoms with E-state index in [1.54, 1.807) is 12.1 Å². The van der Waals surface area contributed by atoms with Crippen molar-refractivity contribution in [2.45, 2.75) is 18.4 Å². The van der Waals surface area contributed by atoms with Crippen LogP contribution in [0.4, 0.5) is 26.3 Å². The van der Waals surface area contributed by atoms with Gasteiger partial charge in [-0.05, 0) is 35.9 Å². The monoisotopic (exact) mass is 414 g/mol. The van der Waals surface area contributed by atoms with Gasteiger partial charge in [0.05, 0.1) is 23.4 Å². The molecule has 0 saturated carbocycles. The fourth-order valence-electron chi connectivity index (χ4n) is 3.08. The molecule has 10 heteroatoms. The van der Waals surface area contributed by atoms with Crippen LogP contribution in [-0.4, -0.2) is 31.1 Å². The summed E-state index contributed by atoms with van der Waals surface area (Å²) in [5.41, 5.74) is -2.74. The van der Waals surface area contributed by atoms with Gasteiger partial charge in [0.25, 0.3) is 0 Å². The maximum Gasteiger partial charge on any atom is 0.416 e. The summed E-state index contributed by atoms with van der Waals surface area (Å²) in [5.74, 6) is 0.305. The van der Waals surface area contributed by atoms with E-state index in [0.717, 1.165) is 12.1 Å². The second kappa shape index (κ2) is 8.12. The number of hydrogen-bond acceptors (Lipinski definition) is 3. The third kappa shape index (κ3) is 4.97. The summed E-state index contributed by atoms with van der Waals surface area (Å²) < 4.78 is 84.3. The Labute approximate surface area is 157 Å². The number of alkyl halides is 6. The van der Waals surface area contributed by atoms with E-state index in [0.29, 0.717) is 31.9 Å². The molecule has 1 aliphatic rings. The summed E-state index contributed by atoms with van der Waals surface area (Å²) in [7, 11) is 0. The highest BCUT2D eigenvalue weighted by molar-refractivity contribution is 5.85. The summed E-state index contributed by atoms with van der Waals surface area (Å²) in [4.78, 5) is 1.81. The van der Waals surface area contributed by atoms with E-state index >= 15 is 0 Å². The molecule has 1 atom stereocenters. The molecule has 1 fully saturated rings. The van der Waals surface area contributed by atoms with Crippen LogP contribution < -0.4 is 5.32 Å². The zero-order valence-corrected chi connectivity index (χ0v) is 14.7. The molecular formula is C17H17ClF6N2O. The van der Waals surface area contributed by atoms with Gasteiger partial charge in [-0.3, -0.25) is 4.90 Å². The quantitative estimate of drug-likeness (QED) is 0.736. The molecule has 1 aliphatic heterocycles. The SMILES string of the molecule is Cl.FC(F)(F)c1cc([C@H](c2ccco2)N2CCNCC2)cc(C(F)(F)F)c1. The summed E-state index contributed by atoms with van der Waals surface area (Å²) in [6, 6.07) is 3.97. The lowest BCUT2D eigenvalue weighted by atomic mass is 9.96. The molecule has 2 heterocycles. The van der Waals surface area contributed by atoms with Crippen molar-refractivity contribution in [1.82, 2.24) is 10.2 Å². The van der Waals surface area contributed by atoms with Crippen molar-refractivity contribution >= 4 is 12.4 Å². The van der Waals surface area contributed by atoms with E-state index in [1.807, 2.05) is 4.90 Å². The van der Waals surface area contributed by atoms with Crippen molar-refractivity contribution < 1.29 is 30.8 Å². The normalized spacial score (nSPS) is 17.4. The Kier molecular flexibility index (Phi) is 6.49. The predicted molar refractivity (Wildman–Crippen MR) is 88.7 cm³/mol. The Morgan fingerprint density at radius 2 is 1.48 bits per heavy atom. The van der Waals surface area contributed by atoms with Crippen molar-refractivity contribution in [2.75, 3.05) is 26.2 Å². The molecule has 0 aliphatic carbocycles. The molecule has 0 bridgehead atoms. The van der Waals surface area contributed by atoms with Crippen LogP contribution in [0.15, 0.2) is 41.0 Å². The maximum atomic E-state index is 13.2. The number of piperazine rings is 1. The van der Waals surface area contributed by atoms with Crippen LogP contribution >= 0.6 is 12.4 Å². The number of rotatable bonds is 3. The lowest BCUT2D eigenvalue weighted by molar-refractivity contribution is -0.143.